The monoisotopic (exact) mass is 333 g/mol. The summed E-state index contributed by atoms with van der Waals surface area (Å²) in [5.41, 5.74) is 3.10. The number of hydrogen-bond donors (Lipinski definition) is 2. The summed E-state index contributed by atoms with van der Waals surface area (Å²) in [6.45, 7) is 0. The highest BCUT2D eigenvalue weighted by Crippen LogP contribution is 2.42. The number of phenols is 1. The number of aliphatic hydroxyl groups excluding tert-OH is 1. The first-order chi connectivity index (χ1) is 12.2. The van der Waals surface area contributed by atoms with Crippen LogP contribution in [0.3, 0.4) is 0 Å². The molecule has 0 saturated heterocycles. The summed E-state index contributed by atoms with van der Waals surface area (Å²) in [6, 6.07) is 15.5. The third-order valence-corrected chi connectivity index (χ3v) is 5.62. The molecule has 1 aliphatic carbocycles. The molecule has 0 fully saturated rings. The molecule has 3 nitrogen and oxygen atoms in total. The standard InChI is InChI=1S/C22H23NO2/c24-20-10-8-16-7-9-19(13-18(16)14-20)22(11-4-12-23-22)15-21(25)17-5-2-1-3-6-17/h1-6,8,10-12,14,19,21,24-25H,7,9,13,15H2. The van der Waals surface area contributed by atoms with Crippen LogP contribution in [0.25, 0.3) is 0 Å². The molecule has 0 amide bonds. The fourth-order valence-corrected chi connectivity index (χ4v) is 4.24. The number of hydrogen-bond acceptors (Lipinski definition) is 3. The molecular formula is C22H23NO2. The highest BCUT2D eigenvalue weighted by molar-refractivity contribution is 5.75. The molecule has 2 N–H and O–H groups in total. The van der Waals surface area contributed by atoms with Gasteiger partial charge < -0.3 is 10.2 Å². The van der Waals surface area contributed by atoms with Gasteiger partial charge in [-0.1, -0.05) is 42.5 Å². The first-order valence-corrected chi connectivity index (χ1v) is 8.93. The molecule has 3 unspecified atom stereocenters. The summed E-state index contributed by atoms with van der Waals surface area (Å²) >= 11 is 0. The van der Waals surface area contributed by atoms with E-state index in [9.17, 15) is 10.2 Å². The molecule has 0 aromatic heterocycles. The number of aromatic hydroxyl groups is 1. The number of aliphatic hydroxyl groups is 1. The van der Waals surface area contributed by atoms with Crippen LogP contribution in [-0.4, -0.2) is 22.0 Å². The van der Waals surface area contributed by atoms with Gasteiger partial charge in [0, 0.05) is 12.6 Å². The summed E-state index contributed by atoms with van der Waals surface area (Å²) in [5, 5.41) is 20.6. The number of phenolic OH excluding ortho intramolecular Hbond substituents is 1. The summed E-state index contributed by atoms with van der Waals surface area (Å²) in [7, 11) is 0. The minimum atomic E-state index is -0.535. The summed E-state index contributed by atoms with van der Waals surface area (Å²) in [4.78, 5) is 4.79. The van der Waals surface area contributed by atoms with Gasteiger partial charge in [0.1, 0.15) is 5.75 Å². The highest BCUT2D eigenvalue weighted by atomic mass is 16.3. The van der Waals surface area contributed by atoms with E-state index in [1.807, 2.05) is 54.8 Å². The Kier molecular flexibility index (Phi) is 4.18. The minimum Gasteiger partial charge on any atom is -0.508 e. The van der Waals surface area contributed by atoms with Crippen LogP contribution in [0.1, 0.15) is 35.6 Å². The normalized spacial score (nSPS) is 25.7. The van der Waals surface area contributed by atoms with Gasteiger partial charge in [0.25, 0.3) is 0 Å². The van der Waals surface area contributed by atoms with Crippen molar-refractivity contribution in [3.63, 3.8) is 0 Å². The second-order valence-corrected chi connectivity index (χ2v) is 7.15. The number of allylic oxidation sites excluding steroid dienone is 1. The van der Waals surface area contributed by atoms with E-state index in [4.69, 9.17) is 4.99 Å². The van der Waals surface area contributed by atoms with E-state index in [1.54, 1.807) is 6.07 Å². The molecule has 0 radical (unpaired) electrons. The van der Waals surface area contributed by atoms with Crippen LogP contribution in [0.5, 0.6) is 5.75 Å². The number of nitrogens with zero attached hydrogens (tertiary/aromatic N) is 1. The maximum Gasteiger partial charge on any atom is 0.115 e. The number of aryl methyl sites for hydroxylation is 1. The molecule has 2 aromatic carbocycles. The zero-order chi connectivity index (χ0) is 17.3. The first-order valence-electron chi connectivity index (χ1n) is 8.93. The highest BCUT2D eigenvalue weighted by Gasteiger charge is 2.40. The third kappa shape index (κ3) is 3.12. The van der Waals surface area contributed by atoms with E-state index in [1.165, 1.54) is 11.1 Å². The fourth-order valence-electron chi connectivity index (χ4n) is 4.24. The molecular weight excluding hydrogens is 310 g/mol. The van der Waals surface area contributed by atoms with Crippen molar-refractivity contribution >= 4 is 6.21 Å². The molecule has 0 bridgehead atoms. The lowest BCUT2D eigenvalue weighted by Crippen LogP contribution is -2.38. The van der Waals surface area contributed by atoms with Crippen LogP contribution in [0.4, 0.5) is 0 Å². The third-order valence-electron chi connectivity index (χ3n) is 5.62. The summed E-state index contributed by atoms with van der Waals surface area (Å²) in [5.74, 6) is 0.651. The quantitative estimate of drug-likeness (QED) is 0.888. The van der Waals surface area contributed by atoms with E-state index in [0.717, 1.165) is 24.8 Å². The summed E-state index contributed by atoms with van der Waals surface area (Å²) in [6.07, 6.45) is 8.97. The van der Waals surface area contributed by atoms with Crippen LogP contribution in [0.15, 0.2) is 65.7 Å². The Balaban J connectivity index is 1.59. The lowest BCUT2D eigenvalue weighted by atomic mass is 9.70. The Hall–Kier alpha value is -2.39. The average molecular weight is 333 g/mol. The molecule has 0 saturated carbocycles. The van der Waals surface area contributed by atoms with Crippen molar-refractivity contribution < 1.29 is 10.2 Å². The Bertz CT molecular complexity index is 798. The van der Waals surface area contributed by atoms with Crippen molar-refractivity contribution in [3.8, 4) is 5.75 Å². The van der Waals surface area contributed by atoms with Crippen LogP contribution in [0.2, 0.25) is 0 Å². The number of fused-ring (bicyclic) bond motifs is 1. The molecule has 2 aliphatic rings. The summed E-state index contributed by atoms with van der Waals surface area (Å²) < 4.78 is 0. The Labute approximate surface area is 148 Å². The van der Waals surface area contributed by atoms with E-state index < -0.39 is 6.10 Å². The fraction of sp³-hybridized carbons (Fsp3) is 0.318. The SMILES string of the molecule is Oc1ccc2c(c1)CC(C1(CC(O)c3ccccc3)C=CC=N1)CC2. The van der Waals surface area contributed by atoms with Crippen molar-refractivity contribution in [1.82, 2.24) is 0 Å². The van der Waals surface area contributed by atoms with Gasteiger partial charge in [0.2, 0.25) is 0 Å². The first kappa shape index (κ1) is 16.1. The zero-order valence-corrected chi connectivity index (χ0v) is 14.2. The largest absolute Gasteiger partial charge is 0.508 e. The van der Waals surface area contributed by atoms with Crippen LogP contribution in [0, 0.1) is 5.92 Å². The van der Waals surface area contributed by atoms with Gasteiger partial charge in [-0.15, -0.1) is 0 Å². The van der Waals surface area contributed by atoms with Crippen molar-refractivity contribution in [1.29, 1.82) is 0 Å². The maximum absolute atomic E-state index is 10.8. The predicted molar refractivity (Wildman–Crippen MR) is 100 cm³/mol. The van der Waals surface area contributed by atoms with Crippen LogP contribution in [-0.2, 0) is 12.8 Å². The number of aliphatic imine (C=N–C) groups is 1. The molecule has 25 heavy (non-hydrogen) atoms. The molecule has 2 aromatic rings. The molecule has 1 aliphatic heterocycles. The van der Waals surface area contributed by atoms with Crippen molar-refractivity contribution in [2.75, 3.05) is 0 Å². The molecule has 1 heterocycles. The van der Waals surface area contributed by atoms with Crippen molar-refractivity contribution in [2.45, 2.75) is 37.3 Å². The topological polar surface area (TPSA) is 52.8 Å². The van der Waals surface area contributed by atoms with Gasteiger partial charge in [-0.25, -0.2) is 0 Å². The van der Waals surface area contributed by atoms with Gasteiger partial charge in [-0.2, -0.15) is 0 Å². The predicted octanol–water partition coefficient (Wildman–Crippen LogP) is 4.00. The van der Waals surface area contributed by atoms with E-state index in [-0.39, 0.29) is 5.54 Å². The van der Waals surface area contributed by atoms with Gasteiger partial charge >= 0.3 is 0 Å². The van der Waals surface area contributed by atoms with Crippen LogP contribution < -0.4 is 0 Å². The molecule has 0 spiro atoms. The Morgan fingerprint density at radius 2 is 1.96 bits per heavy atom. The molecule has 3 atom stereocenters. The van der Waals surface area contributed by atoms with Gasteiger partial charge in [0.15, 0.2) is 0 Å². The van der Waals surface area contributed by atoms with E-state index in [2.05, 4.69) is 6.08 Å². The Morgan fingerprint density at radius 1 is 1.12 bits per heavy atom. The average Bonchev–Trinajstić information content (AvgIpc) is 3.11. The van der Waals surface area contributed by atoms with Gasteiger partial charge in [-0.05, 0) is 60.1 Å². The molecule has 128 valence electrons. The number of rotatable bonds is 4. The van der Waals surface area contributed by atoms with Crippen molar-refractivity contribution in [3.05, 3.63) is 77.4 Å². The molecule has 3 heteroatoms. The lowest BCUT2D eigenvalue weighted by Gasteiger charge is -2.38. The van der Waals surface area contributed by atoms with Crippen molar-refractivity contribution in [2.24, 2.45) is 10.9 Å². The van der Waals surface area contributed by atoms with Gasteiger partial charge in [-0.3, -0.25) is 4.99 Å². The maximum atomic E-state index is 10.8. The van der Waals surface area contributed by atoms with Crippen LogP contribution >= 0.6 is 0 Å². The minimum absolute atomic E-state index is 0.322. The second-order valence-electron chi connectivity index (χ2n) is 7.15. The number of benzene rings is 2. The zero-order valence-electron chi connectivity index (χ0n) is 14.2. The Morgan fingerprint density at radius 3 is 2.72 bits per heavy atom. The lowest BCUT2D eigenvalue weighted by molar-refractivity contribution is 0.123. The second kappa shape index (κ2) is 6.49. The van der Waals surface area contributed by atoms with E-state index >= 15 is 0 Å². The van der Waals surface area contributed by atoms with Gasteiger partial charge in [0.05, 0.1) is 11.6 Å². The molecule has 4 rings (SSSR count). The smallest absolute Gasteiger partial charge is 0.115 e. The van der Waals surface area contributed by atoms with E-state index in [0.29, 0.717) is 18.1 Å².